The number of carbonyl (C=O) groups is 2. The summed E-state index contributed by atoms with van der Waals surface area (Å²) in [5, 5.41) is 2.75. The van der Waals surface area contributed by atoms with E-state index in [2.05, 4.69) is 5.32 Å². The lowest BCUT2D eigenvalue weighted by Gasteiger charge is -2.31. The monoisotopic (exact) mass is 368 g/mol. The molecule has 7 nitrogen and oxygen atoms in total. The van der Waals surface area contributed by atoms with Crippen LogP contribution in [0.15, 0.2) is 24.3 Å². The summed E-state index contributed by atoms with van der Waals surface area (Å²) in [5.41, 5.74) is 0.660. The molecular formula is C17H24N2O5S. The summed E-state index contributed by atoms with van der Waals surface area (Å²) < 4.78 is 30.4. The lowest BCUT2D eigenvalue weighted by atomic mass is 9.98. The average Bonchev–Trinajstić information content (AvgIpc) is 2.62. The molecule has 0 aliphatic carbocycles. The Balaban J connectivity index is 2.11. The second-order valence-electron chi connectivity index (χ2n) is 5.85. The number of sulfonamides is 1. The molecule has 2 rings (SSSR count). The molecular weight excluding hydrogens is 344 g/mol. The Morgan fingerprint density at radius 2 is 2.00 bits per heavy atom. The first-order valence-electron chi connectivity index (χ1n) is 8.43. The van der Waals surface area contributed by atoms with Crippen LogP contribution >= 0.6 is 0 Å². The van der Waals surface area contributed by atoms with Crippen molar-refractivity contribution in [2.24, 2.45) is 5.92 Å². The summed E-state index contributed by atoms with van der Waals surface area (Å²) in [7, 11) is -3.31. The molecule has 1 amide bonds. The van der Waals surface area contributed by atoms with Crippen molar-refractivity contribution in [3.63, 3.8) is 0 Å². The van der Waals surface area contributed by atoms with E-state index >= 15 is 0 Å². The first-order valence-corrected chi connectivity index (χ1v) is 10.0. The second kappa shape index (κ2) is 8.44. The van der Waals surface area contributed by atoms with Crippen LogP contribution in [-0.4, -0.2) is 50.0 Å². The Morgan fingerprint density at radius 1 is 1.28 bits per heavy atom. The SMILES string of the molecule is CCOC(=O)c1ccccc1NC(=O)[C@H]1CCCN(S(=O)(=O)CC)C1. The van der Waals surface area contributed by atoms with Crippen LogP contribution in [0.3, 0.4) is 0 Å². The number of para-hydroxylation sites is 1. The highest BCUT2D eigenvalue weighted by molar-refractivity contribution is 7.89. The molecule has 1 N–H and O–H groups in total. The summed E-state index contributed by atoms with van der Waals surface area (Å²) >= 11 is 0. The maximum Gasteiger partial charge on any atom is 0.340 e. The van der Waals surface area contributed by atoms with E-state index < -0.39 is 21.9 Å². The van der Waals surface area contributed by atoms with Crippen molar-refractivity contribution >= 4 is 27.6 Å². The minimum absolute atomic E-state index is 0.0209. The zero-order valence-electron chi connectivity index (χ0n) is 14.5. The Labute approximate surface area is 148 Å². The quantitative estimate of drug-likeness (QED) is 0.774. The van der Waals surface area contributed by atoms with E-state index in [0.29, 0.717) is 25.1 Å². The van der Waals surface area contributed by atoms with Gasteiger partial charge in [0.25, 0.3) is 0 Å². The molecule has 0 bridgehead atoms. The Bertz CT molecular complexity index is 732. The van der Waals surface area contributed by atoms with E-state index in [1.165, 1.54) is 4.31 Å². The van der Waals surface area contributed by atoms with Crippen LogP contribution in [0.2, 0.25) is 0 Å². The highest BCUT2D eigenvalue weighted by atomic mass is 32.2. The minimum Gasteiger partial charge on any atom is -0.462 e. The average molecular weight is 368 g/mol. The van der Waals surface area contributed by atoms with E-state index in [-0.39, 0.29) is 30.4 Å². The number of piperidine rings is 1. The topological polar surface area (TPSA) is 92.8 Å². The van der Waals surface area contributed by atoms with E-state index in [0.717, 1.165) is 0 Å². The largest absolute Gasteiger partial charge is 0.462 e. The Morgan fingerprint density at radius 3 is 2.68 bits per heavy atom. The van der Waals surface area contributed by atoms with Gasteiger partial charge in [-0.1, -0.05) is 12.1 Å². The van der Waals surface area contributed by atoms with Crippen LogP contribution in [0.4, 0.5) is 5.69 Å². The molecule has 1 aliphatic rings. The highest BCUT2D eigenvalue weighted by Crippen LogP contribution is 2.23. The first kappa shape index (κ1) is 19.4. The standard InChI is InChI=1S/C17H24N2O5S/c1-3-24-17(21)14-9-5-6-10-15(14)18-16(20)13-8-7-11-19(12-13)25(22,23)4-2/h5-6,9-10,13H,3-4,7-8,11-12H2,1-2H3,(H,18,20)/t13-/m0/s1. The van der Waals surface area contributed by atoms with Crippen LogP contribution in [0, 0.1) is 5.92 Å². The van der Waals surface area contributed by atoms with Gasteiger partial charge in [-0.15, -0.1) is 0 Å². The van der Waals surface area contributed by atoms with Gasteiger partial charge in [-0.25, -0.2) is 17.5 Å². The number of hydrogen-bond donors (Lipinski definition) is 1. The third-order valence-electron chi connectivity index (χ3n) is 4.19. The van der Waals surface area contributed by atoms with Crippen molar-refractivity contribution in [1.82, 2.24) is 4.31 Å². The van der Waals surface area contributed by atoms with Crippen molar-refractivity contribution in [3.8, 4) is 0 Å². The number of esters is 1. The minimum atomic E-state index is -3.31. The first-order chi connectivity index (χ1) is 11.9. The molecule has 1 aromatic rings. The zero-order chi connectivity index (χ0) is 18.4. The van der Waals surface area contributed by atoms with Crippen LogP contribution in [0.5, 0.6) is 0 Å². The molecule has 0 radical (unpaired) electrons. The van der Waals surface area contributed by atoms with Gasteiger partial charge in [0.05, 0.1) is 29.5 Å². The van der Waals surface area contributed by atoms with Gasteiger partial charge in [0.1, 0.15) is 0 Å². The van der Waals surface area contributed by atoms with Crippen LogP contribution in [0.1, 0.15) is 37.0 Å². The van der Waals surface area contributed by atoms with E-state index in [4.69, 9.17) is 4.74 Å². The molecule has 1 fully saturated rings. The summed E-state index contributed by atoms with van der Waals surface area (Å²) in [6.45, 7) is 4.16. The predicted molar refractivity (Wildman–Crippen MR) is 94.8 cm³/mol. The number of ether oxygens (including phenoxy) is 1. The smallest absolute Gasteiger partial charge is 0.340 e. The Hall–Kier alpha value is -1.93. The van der Waals surface area contributed by atoms with Gasteiger partial charge in [-0.2, -0.15) is 0 Å². The Kier molecular flexibility index (Phi) is 6.55. The molecule has 138 valence electrons. The van der Waals surface area contributed by atoms with Gasteiger partial charge in [0.15, 0.2) is 0 Å². The van der Waals surface area contributed by atoms with Gasteiger partial charge in [-0.05, 0) is 38.8 Å². The van der Waals surface area contributed by atoms with E-state index in [1.807, 2.05) is 0 Å². The van der Waals surface area contributed by atoms with Crippen molar-refractivity contribution < 1.29 is 22.7 Å². The fourth-order valence-electron chi connectivity index (χ4n) is 2.81. The second-order valence-corrected chi connectivity index (χ2v) is 8.11. The fraction of sp³-hybridized carbons (Fsp3) is 0.529. The lowest BCUT2D eigenvalue weighted by Crippen LogP contribution is -2.44. The maximum absolute atomic E-state index is 12.6. The molecule has 0 spiro atoms. The molecule has 1 heterocycles. The molecule has 1 atom stereocenters. The van der Waals surface area contributed by atoms with Gasteiger partial charge in [-0.3, -0.25) is 4.79 Å². The number of amides is 1. The summed E-state index contributed by atoms with van der Waals surface area (Å²) in [5.74, 6) is -1.21. The molecule has 0 aromatic heterocycles. The predicted octanol–water partition coefficient (Wildman–Crippen LogP) is 1.86. The molecule has 25 heavy (non-hydrogen) atoms. The van der Waals surface area contributed by atoms with Crippen LogP contribution < -0.4 is 5.32 Å². The number of benzene rings is 1. The number of carbonyl (C=O) groups excluding carboxylic acids is 2. The van der Waals surface area contributed by atoms with Gasteiger partial charge >= 0.3 is 5.97 Å². The molecule has 0 unspecified atom stereocenters. The van der Waals surface area contributed by atoms with E-state index in [9.17, 15) is 18.0 Å². The molecule has 8 heteroatoms. The summed E-state index contributed by atoms with van der Waals surface area (Å²) in [4.78, 5) is 24.6. The van der Waals surface area contributed by atoms with Crippen LogP contribution in [-0.2, 0) is 19.6 Å². The molecule has 1 saturated heterocycles. The van der Waals surface area contributed by atoms with Crippen molar-refractivity contribution in [3.05, 3.63) is 29.8 Å². The fourth-order valence-corrected chi connectivity index (χ4v) is 3.98. The highest BCUT2D eigenvalue weighted by Gasteiger charge is 2.31. The number of anilines is 1. The molecule has 0 saturated carbocycles. The van der Waals surface area contributed by atoms with Crippen LogP contribution in [0.25, 0.3) is 0 Å². The number of nitrogens with zero attached hydrogens (tertiary/aromatic N) is 1. The summed E-state index contributed by atoms with van der Waals surface area (Å²) in [6.07, 6.45) is 1.25. The maximum atomic E-state index is 12.6. The molecule has 1 aliphatic heterocycles. The van der Waals surface area contributed by atoms with Crippen molar-refractivity contribution in [2.75, 3.05) is 30.8 Å². The zero-order valence-corrected chi connectivity index (χ0v) is 15.3. The lowest BCUT2D eigenvalue weighted by molar-refractivity contribution is -0.120. The molecule has 1 aromatic carbocycles. The number of rotatable bonds is 6. The van der Waals surface area contributed by atoms with Gasteiger partial charge in [0.2, 0.25) is 15.9 Å². The summed E-state index contributed by atoms with van der Waals surface area (Å²) in [6, 6.07) is 6.63. The van der Waals surface area contributed by atoms with Crippen molar-refractivity contribution in [2.45, 2.75) is 26.7 Å². The number of nitrogens with one attached hydrogen (secondary N) is 1. The third-order valence-corrected chi connectivity index (χ3v) is 6.04. The van der Waals surface area contributed by atoms with E-state index in [1.54, 1.807) is 38.1 Å². The number of hydrogen-bond acceptors (Lipinski definition) is 5. The van der Waals surface area contributed by atoms with Crippen molar-refractivity contribution in [1.29, 1.82) is 0 Å². The normalized spacial score (nSPS) is 18.6. The third kappa shape index (κ3) is 4.79. The van der Waals surface area contributed by atoms with Gasteiger partial charge < -0.3 is 10.1 Å². The van der Waals surface area contributed by atoms with Gasteiger partial charge in [0, 0.05) is 13.1 Å².